The molecule has 1 aromatic heterocycles. The largest absolute Gasteiger partial charge is 0.294 e. The van der Waals surface area contributed by atoms with Crippen molar-refractivity contribution < 1.29 is 18.0 Å². The highest BCUT2D eigenvalue weighted by Crippen LogP contribution is 2.37. The lowest BCUT2D eigenvalue weighted by atomic mass is 9.88. The van der Waals surface area contributed by atoms with Crippen LogP contribution in [0.25, 0.3) is 5.70 Å². The van der Waals surface area contributed by atoms with E-state index in [0.29, 0.717) is 24.1 Å². The Kier molecular flexibility index (Phi) is 4.84. The van der Waals surface area contributed by atoms with Crippen LogP contribution in [0.4, 0.5) is 0 Å². The molecule has 9 heteroatoms. The fourth-order valence-electron chi connectivity index (χ4n) is 3.68. The molecule has 0 radical (unpaired) electrons. The zero-order valence-electron chi connectivity index (χ0n) is 15.0. The summed E-state index contributed by atoms with van der Waals surface area (Å²) >= 11 is 9.82. The van der Waals surface area contributed by atoms with Crippen LogP contribution in [0, 0.1) is 6.92 Å². The standard InChI is InChI=1S/C19H16BrClN2O4S/c1-10-13(20)9-23(22-10)14-3-2-4-15(24)17(14)19(25)12-5-6-16-11(18(12)21)7-8-28(16,26)27/h5-6,9H,2-4,7-8H2,1H3. The van der Waals surface area contributed by atoms with Crippen molar-refractivity contribution in [1.82, 2.24) is 9.78 Å². The Bertz CT molecular complexity index is 1160. The van der Waals surface area contributed by atoms with Gasteiger partial charge in [0.25, 0.3) is 0 Å². The number of aryl methyl sites for hydroxylation is 1. The van der Waals surface area contributed by atoms with E-state index in [0.717, 1.165) is 10.2 Å². The van der Waals surface area contributed by atoms with Crippen LogP contribution in [0.1, 0.15) is 40.9 Å². The molecule has 0 saturated carbocycles. The quantitative estimate of drug-likeness (QED) is 0.490. The molecule has 2 aliphatic rings. The number of aromatic nitrogens is 2. The lowest BCUT2D eigenvalue weighted by Gasteiger charge is -2.19. The zero-order valence-corrected chi connectivity index (χ0v) is 18.1. The summed E-state index contributed by atoms with van der Waals surface area (Å²) in [4.78, 5) is 26.1. The van der Waals surface area contributed by atoms with Gasteiger partial charge in [-0.15, -0.1) is 0 Å². The van der Waals surface area contributed by atoms with E-state index in [1.54, 1.807) is 10.9 Å². The number of carbonyl (C=O) groups is 2. The van der Waals surface area contributed by atoms with Crippen LogP contribution in [0.2, 0.25) is 5.02 Å². The lowest BCUT2D eigenvalue weighted by Crippen LogP contribution is -2.22. The maximum Gasteiger partial charge on any atom is 0.199 e. The number of carbonyl (C=O) groups excluding carboxylic acids is 2. The molecule has 0 fully saturated rings. The number of benzene rings is 1. The molecule has 0 atom stereocenters. The van der Waals surface area contributed by atoms with Gasteiger partial charge in [-0.1, -0.05) is 11.6 Å². The highest BCUT2D eigenvalue weighted by atomic mass is 79.9. The minimum Gasteiger partial charge on any atom is -0.294 e. The van der Waals surface area contributed by atoms with Crippen molar-refractivity contribution in [2.45, 2.75) is 37.5 Å². The summed E-state index contributed by atoms with van der Waals surface area (Å²) in [5, 5.41) is 4.51. The Morgan fingerprint density at radius 3 is 2.68 bits per heavy atom. The van der Waals surface area contributed by atoms with Crippen LogP contribution in [0.3, 0.4) is 0 Å². The summed E-state index contributed by atoms with van der Waals surface area (Å²) in [5.41, 5.74) is 1.97. The SMILES string of the molecule is Cc1nn(C2=C(C(=O)c3ccc4c(c3Cl)CCS4(=O)=O)C(=O)CCC2)cc1Br. The molecule has 1 aromatic carbocycles. The van der Waals surface area contributed by atoms with Crippen molar-refractivity contribution in [2.75, 3.05) is 5.75 Å². The predicted octanol–water partition coefficient (Wildman–Crippen LogP) is 3.78. The molecular formula is C19H16BrClN2O4S. The molecule has 0 unspecified atom stereocenters. The van der Waals surface area contributed by atoms with E-state index in [2.05, 4.69) is 21.0 Å². The molecule has 1 aliphatic heterocycles. The fourth-order valence-corrected chi connectivity index (χ4v) is 5.90. The van der Waals surface area contributed by atoms with Crippen molar-refractivity contribution in [3.05, 3.63) is 50.2 Å². The number of nitrogens with zero attached hydrogens (tertiary/aromatic N) is 2. The Balaban J connectivity index is 1.87. The third kappa shape index (κ3) is 3.07. The van der Waals surface area contributed by atoms with E-state index in [-0.39, 0.29) is 45.4 Å². The van der Waals surface area contributed by atoms with Gasteiger partial charge < -0.3 is 0 Å². The molecule has 1 aliphatic carbocycles. The molecular weight excluding hydrogens is 468 g/mol. The second kappa shape index (κ2) is 6.93. The first-order valence-corrected chi connectivity index (χ1v) is 11.6. The van der Waals surface area contributed by atoms with Gasteiger partial charge in [0.15, 0.2) is 21.4 Å². The Labute approximate surface area is 175 Å². The molecule has 2 aromatic rings. The van der Waals surface area contributed by atoms with Crippen molar-refractivity contribution >= 4 is 54.6 Å². The van der Waals surface area contributed by atoms with Gasteiger partial charge in [-0.3, -0.25) is 9.59 Å². The normalized spacial score (nSPS) is 18.5. The number of hydrogen-bond donors (Lipinski definition) is 0. The van der Waals surface area contributed by atoms with Gasteiger partial charge in [0, 0.05) is 18.2 Å². The number of sulfone groups is 1. The van der Waals surface area contributed by atoms with E-state index in [4.69, 9.17) is 11.6 Å². The Morgan fingerprint density at radius 1 is 1.25 bits per heavy atom. The van der Waals surface area contributed by atoms with Crippen molar-refractivity contribution in [3.8, 4) is 0 Å². The van der Waals surface area contributed by atoms with Crippen LogP contribution >= 0.6 is 27.5 Å². The number of ketones is 2. The first-order chi connectivity index (χ1) is 13.2. The summed E-state index contributed by atoms with van der Waals surface area (Å²) in [6.07, 6.45) is 3.45. The first kappa shape index (κ1) is 19.5. The second-order valence-electron chi connectivity index (χ2n) is 6.91. The highest BCUT2D eigenvalue weighted by molar-refractivity contribution is 9.10. The Morgan fingerprint density at radius 2 is 2.00 bits per heavy atom. The van der Waals surface area contributed by atoms with Crippen molar-refractivity contribution in [2.24, 2.45) is 0 Å². The molecule has 28 heavy (non-hydrogen) atoms. The smallest absolute Gasteiger partial charge is 0.199 e. The average molecular weight is 484 g/mol. The van der Waals surface area contributed by atoms with E-state index >= 15 is 0 Å². The summed E-state index contributed by atoms with van der Waals surface area (Å²) in [6, 6.07) is 2.82. The van der Waals surface area contributed by atoms with Crippen LogP contribution in [0.15, 0.2) is 33.3 Å². The van der Waals surface area contributed by atoms with Crippen molar-refractivity contribution in [1.29, 1.82) is 0 Å². The van der Waals surface area contributed by atoms with E-state index < -0.39 is 15.6 Å². The van der Waals surface area contributed by atoms with Crippen LogP contribution in [-0.2, 0) is 21.1 Å². The van der Waals surface area contributed by atoms with Gasteiger partial charge in [-0.05, 0) is 59.8 Å². The zero-order chi connectivity index (χ0) is 20.2. The summed E-state index contributed by atoms with van der Waals surface area (Å²) in [5.74, 6) is -0.756. The van der Waals surface area contributed by atoms with Gasteiger partial charge in [-0.2, -0.15) is 5.10 Å². The third-order valence-electron chi connectivity index (χ3n) is 5.13. The number of allylic oxidation sites excluding steroid dienone is 2. The molecule has 0 N–H and O–H groups in total. The monoisotopic (exact) mass is 482 g/mol. The van der Waals surface area contributed by atoms with Gasteiger partial charge in [0.1, 0.15) is 0 Å². The summed E-state index contributed by atoms with van der Waals surface area (Å²) in [7, 11) is -3.36. The molecule has 0 bridgehead atoms. The van der Waals surface area contributed by atoms with Crippen LogP contribution < -0.4 is 0 Å². The molecule has 146 valence electrons. The second-order valence-corrected chi connectivity index (χ2v) is 10.2. The van der Waals surface area contributed by atoms with Gasteiger partial charge in [0.05, 0.1) is 37.1 Å². The molecule has 0 amide bonds. The van der Waals surface area contributed by atoms with Crippen LogP contribution in [0.5, 0.6) is 0 Å². The number of hydrogen-bond acceptors (Lipinski definition) is 5. The number of Topliss-reactive ketones (excluding diaryl/α,β-unsaturated/α-hetero) is 2. The topological polar surface area (TPSA) is 86.1 Å². The van der Waals surface area contributed by atoms with E-state index in [1.165, 1.54) is 12.1 Å². The third-order valence-corrected chi connectivity index (χ3v) is 8.13. The lowest BCUT2D eigenvalue weighted by molar-refractivity contribution is -0.115. The molecule has 6 nitrogen and oxygen atoms in total. The molecule has 0 saturated heterocycles. The van der Waals surface area contributed by atoms with Gasteiger partial charge in [-0.25, -0.2) is 13.1 Å². The number of fused-ring (bicyclic) bond motifs is 1. The predicted molar refractivity (Wildman–Crippen MR) is 108 cm³/mol. The molecule has 2 heterocycles. The maximum atomic E-state index is 13.3. The minimum absolute atomic E-state index is 0.0207. The first-order valence-electron chi connectivity index (χ1n) is 8.78. The number of halogens is 2. The van der Waals surface area contributed by atoms with E-state index in [9.17, 15) is 18.0 Å². The fraction of sp³-hybridized carbons (Fsp3) is 0.316. The van der Waals surface area contributed by atoms with Crippen LogP contribution in [-0.4, -0.2) is 35.5 Å². The van der Waals surface area contributed by atoms with Crippen molar-refractivity contribution in [3.63, 3.8) is 0 Å². The van der Waals surface area contributed by atoms with Gasteiger partial charge >= 0.3 is 0 Å². The Hall–Kier alpha value is -1.77. The highest BCUT2D eigenvalue weighted by Gasteiger charge is 2.34. The van der Waals surface area contributed by atoms with E-state index in [1.807, 2.05) is 6.92 Å². The molecule has 4 rings (SSSR count). The molecule has 0 spiro atoms. The average Bonchev–Trinajstić information content (AvgIpc) is 3.14. The maximum absolute atomic E-state index is 13.3. The minimum atomic E-state index is -3.36. The summed E-state index contributed by atoms with van der Waals surface area (Å²) < 4.78 is 26.5. The van der Waals surface area contributed by atoms with Gasteiger partial charge in [0.2, 0.25) is 0 Å². The number of rotatable bonds is 3. The summed E-state index contributed by atoms with van der Waals surface area (Å²) in [6.45, 7) is 1.82.